The lowest BCUT2D eigenvalue weighted by atomic mass is 10.3. The second-order valence-electron chi connectivity index (χ2n) is 4.31. The van der Waals surface area contributed by atoms with Crippen molar-refractivity contribution in [1.29, 1.82) is 0 Å². The molecule has 19 heavy (non-hydrogen) atoms. The molecular formula is C13H21F2N3O. The fraction of sp³-hybridized carbons (Fsp3) is 0.615. The van der Waals surface area contributed by atoms with Gasteiger partial charge in [0.2, 0.25) is 0 Å². The maximum absolute atomic E-state index is 12.4. The number of pyridine rings is 1. The molecule has 0 aliphatic rings. The highest BCUT2D eigenvalue weighted by molar-refractivity contribution is 5.43. The van der Waals surface area contributed by atoms with Crippen LogP contribution in [0.4, 0.5) is 14.5 Å². The summed E-state index contributed by atoms with van der Waals surface area (Å²) in [5, 5.41) is 12.1. The van der Waals surface area contributed by atoms with Gasteiger partial charge in [-0.3, -0.25) is 9.88 Å². The Hall–Kier alpha value is -1.27. The monoisotopic (exact) mass is 273 g/mol. The SMILES string of the molecule is CCCNc1ccnc(CN(CCO)CC(F)F)c1. The topological polar surface area (TPSA) is 48.4 Å². The third kappa shape index (κ3) is 6.45. The predicted octanol–water partition coefficient (Wildman–Crippen LogP) is 1.96. The first-order valence-corrected chi connectivity index (χ1v) is 6.45. The molecule has 0 saturated carbocycles. The van der Waals surface area contributed by atoms with E-state index in [0.717, 1.165) is 24.3 Å². The Balaban J connectivity index is 2.61. The molecule has 0 bridgehead atoms. The van der Waals surface area contributed by atoms with Gasteiger partial charge in [0, 0.05) is 31.5 Å². The van der Waals surface area contributed by atoms with Crippen LogP contribution in [0.25, 0.3) is 0 Å². The van der Waals surface area contributed by atoms with Gasteiger partial charge < -0.3 is 10.4 Å². The van der Waals surface area contributed by atoms with E-state index in [9.17, 15) is 8.78 Å². The van der Waals surface area contributed by atoms with Crippen molar-refractivity contribution in [1.82, 2.24) is 9.88 Å². The Bertz CT molecular complexity index is 363. The summed E-state index contributed by atoms with van der Waals surface area (Å²) in [5.41, 5.74) is 1.66. The van der Waals surface area contributed by atoms with Crippen LogP contribution in [0.2, 0.25) is 0 Å². The van der Waals surface area contributed by atoms with Crippen LogP contribution in [0.5, 0.6) is 0 Å². The summed E-state index contributed by atoms with van der Waals surface area (Å²) in [6.45, 7) is 2.97. The highest BCUT2D eigenvalue weighted by Gasteiger charge is 2.12. The summed E-state index contributed by atoms with van der Waals surface area (Å²) in [5.74, 6) is 0. The maximum atomic E-state index is 12.4. The van der Waals surface area contributed by atoms with E-state index >= 15 is 0 Å². The van der Waals surface area contributed by atoms with E-state index in [1.807, 2.05) is 12.1 Å². The number of anilines is 1. The number of aliphatic hydroxyl groups is 1. The molecule has 0 aromatic carbocycles. The van der Waals surface area contributed by atoms with Gasteiger partial charge in [-0.2, -0.15) is 0 Å². The van der Waals surface area contributed by atoms with E-state index in [-0.39, 0.29) is 19.7 Å². The van der Waals surface area contributed by atoms with Crippen LogP contribution >= 0.6 is 0 Å². The third-order valence-corrected chi connectivity index (χ3v) is 2.59. The van der Waals surface area contributed by atoms with Gasteiger partial charge in [-0.15, -0.1) is 0 Å². The van der Waals surface area contributed by atoms with Crippen LogP contribution in [0.3, 0.4) is 0 Å². The van der Waals surface area contributed by atoms with E-state index in [4.69, 9.17) is 5.11 Å². The number of aromatic nitrogens is 1. The minimum absolute atomic E-state index is 0.138. The lowest BCUT2D eigenvalue weighted by Crippen LogP contribution is -2.31. The number of hydrogen-bond acceptors (Lipinski definition) is 4. The number of hydrogen-bond donors (Lipinski definition) is 2. The lowest BCUT2D eigenvalue weighted by molar-refractivity contribution is 0.0740. The molecule has 1 rings (SSSR count). The molecular weight excluding hydrogens is 252 g/mol. The summed E-state index contributed by atoms with van der Waals surface area (Å²) < 4.78 is 24.8. The molecule has 2 N–H and O–H groups in total. The Morgan fingerprint density at radius 2 is 2.26 bits per heavy atom. The fourth-order valence-corrected chi connectivity index (χ4v) is 1.74. The zero-order chi connectivity index (χ0) is 14.1. The molecule has 4 nitrogen and oxygen atoms in total. The van der Waals surface area contributed by atoms with Crippen LogP contribution in [0.1, 0.15) is 19.0 Å². The second kappa shape index (κ2) is 8.77. The smallest absolute Gasteiger partial charge is 0.251 e. The first-order chi connectivity index (χ1) is 9.15. The molecule has 6 heteroatoms. The minimum Gasteiger partial charge on any atom is -0.395 e. The molecule has 0 amide bonds. The average molecular weight is 273 g/mol. The first kappa shape index (κ1) is 15.8. The van der Waals surface area contributed by atoms with E-state index in [1.165, 1.54) is 4.90 Å². The van der Waals surface area contributed by atoms with Gasteiger partial charge >= 0.3 is 0 Å². The molecule has 1 aromatic rings. The van der Waals surface area contributed by atoms with Crippen LogP contribution in [0, 0.1) is 0 Å². The Kier molecular flexibility index (Phi) is 7.28. The average Bonchev–Trinajstić information content (AvgIpc) is 2.36. The molecule has 1 heterocycles. The number of rotatable bonds is 9. The quantitative estimate of drug-likeness (QED) is 0.722. The summed E-state index contributed by atoms with van der Waals surface area (Å²) in [4.78, 5) is 5.67. The van der Waals surface area contributed by atoms with Crippen molar-refractivity contribution in [2.24, 2.45) is 0 Å². The minimum atomic E-state index is -2.41. The van der Waals surface area contributed by atoms with Crippen molar-refractivity contribution in [3.05, 3.63) is 24.0 Å². The molecule has 0 saturated heterocycles. The summed E-state index contributed by atoms with van der Waals surface area (Å²) in [7, 11) is 0. The molecule has 0 fully saturated rings. The van der Waals surface area contributed by atoms with E-state index in [0.29, 0.717) is 6.54 Å². The molecule has 0 atom stereocenters. The second-order valence-corrected chi connectivity index (χ2v) is 4.31. The zero-order valence-electron chi connectivity index (χ0n) is 11.1. The fourth-order valence-electron chi connectivity index (χ4n) is 1.74. The number of alkyl halides is 2. The van der Waals surface area contributed by atoms with Crippen LogP contribution in [0.15, 0.2) is 18.3 Å². The molecule has 0 aliphatic carbocycles. The van der Waals surface area contributed by atoms with Crippen LogP contribution in [-0.4, -0.2) is 47.7 Å². The van der Waals surface area contributed by atoms with Crippen LogP contribution < -0.4 is 5.32 Å². The Morgan fingerprint density at radius 1 is 1.47 bits per heavy atom. The standard InChI is InChI=1S/C13H21F2N3O/c1-2-4-16-11-3-5-17-12(8-11)9-18(6-7-19)10-13(14)15/h3,5,8,13,19H,2,4,6-7,9-10H2,1H3,(H,16,17). The molecule has 1 aromatic heterocycles. The number of aliphatic hydroxyl groups excluding tert-OH is 1. The molecule has 0 radical (unpaired) electrons. The van der Waals surface area contributed by atoms with Crippen LogP contribution in [-0.2, 0) is 6.54 Å². The maximum Gasteiger partial charge on any atom is 0.251 e. The first-order valence-electron chi connectivity index (χ1n) is 6.45. The van der Waals surface area contributed by atoms with Gasteiger partial charge in [0.15, 0.2) is 0 Å². The normalized spacial score (nSPS) is 11.3. The van der Waals surface area contributed by atoms with Crippen molar-refractivity contribution in [3.8, 4) is 0 Å². The highest BCUT2D eigenvalue weighted by Crippen LogP contribution is 2.11. The number of halogens is 2. The highest BCUT2D eigenvalue weighted by atomic mass is 19.3. The Labute approximate surface area is 112 Å². The van der Waals surface area contributed by atoms with Gasteiger partial charge in [0.05, 0.1) is 18.8 Å². The van der Waals surface area contributed by atoms with Crippen molar-refractivity contribution in [2.45, 2.75) is 26.3 Å². The van der Waals surface area contributed by atoms with E-state index < -0.39 is 6.43 Å². The summed E-state index contributed by atoms with van der Waals surface area (Å²) in [6.07, 6.45) is 0.264. The van der Waals surface area contributed by atoms with Crippen molar-refractivity contribution >= 4 is 5.69 Å². The Morgan fingerprint density at radius 3 is 2.89 bits per heavy atom. The summed E-state index contributed by atoms with van der Waals surface area (Å²) in [6, 6.07) is 3.70. The molecule has 0 aliphatic heterocycles. The largest absolute Gasteiger partial charge is 0.395 e. The van der Waals surface area contributed by atoms with Gasteiger partial charge in [0.25, 0.3) is 6.43 Å². The lowest BCUT2D eigenvalue weighted by Gasteiger charge is -2.20. The third-order valence-electron chi connectivity index (χ3n) is 2.59. The van der Waals surface area contributed by atoms with Crippen molar-refractivity contribution < 1.29 is 13.9 Å². The van der Waals surface area contributed by atoms with Crippen molar-refractivity contribution in [3.63, 3.8) is 0 Å². The summed E-state index contributed by atoms with van der Waals surface area (Å²) >= 11 is 0. The number of nitrogens with one attached hydrogen (secondary N) is 1. The van der Waals surface area contributed by atoms with Gasteiger partial charge in [-0.1, -0.05) is 6.92 Å². The van der Waals surface area contributed by atoms with Gasteiger partial charge in [-0.25, -0.2) is 8.78 Å². The number of nitrogens with zero attached hydrogens (tertiary/aromatic N) is 2. The van der Waals surface area contributed by atoms with E-state index in [2.05, 4.69) is 17.2 Å². The van der Waals surface area contributed by atoms with E-state index in [1.54, 1.807) is 6.20 Å². The molecule has 0 spiro atoms. The zero-order valence-corrected chi connectivity index (χ0v) is 11.1. The van der Waals surface area contributed by atoms with Gasteiger partial charge in [-0.05, 0) is 18.6 Å². The molecule has 108 valence electrons. The van der Waals surface area contributed by atoms with Crippen molar-refractivity contribution in [2.75, 3.05) is 31.6 Å². The van der Waals surface area contributed by atoms with Gasteiger partial charge in [0.1, 0.15) is 0 Å². The predicted molar refractivity (Wildman–Crippen MR) is 71.4 cm³/mol. The molecule has 0 unspecified atom stereocenters.